The molecule has 0 radical (unpaired) electrons. The van der Waals surface area contributed by atoms with E-state index in [1.807, 2.05) is 34.6 Å². The Morgan fingerprint density at radius 3 is 2.32 bits per heavy atom. The Kier molecular flexibility index (Phi) is 3.28. The van der Waals surface area contributed by atoms with Crippen molar-refractivity contribution in [3.8, 4) is 0 Å². The number of aliphatic hydroxyl groups is 1. The number of carbonyl (C=O) groups excluding carboxylic acids is 2. The number of ether oxygens (including phenoxy) is 1. The second-order valence-corrected chi connectivity index (χ2v) is 7.18. The highest BCUT2D eigenvalue weighted by atomic mass is 16.6. The molecule has 2 bridgehead atoms. The largest absolute Gasteiger partial charge is 0.459 e. The molecule has 0 saturated heterocycles. The van der Waals surface area contributed by atoms with Gasteiger partial charge in [-0.05, 0) is 45.4 Å². The first-order chi connectivity index (χ1) is 8.60. The molecule has 2 fully saturated rings. The number of hydrogen-bond donors (Lipinski definition) is 1. The maximum absolute atomic E-state index is 12.6. The maximum Gasteiger partial charge on any atom is 0.320 e. The highest BCUT2D eigenvalue weighted by molar-refractivity contribution is 6.08. The third kappa shape index (κ3) is 2.00. The van der Waals surface area contributed by atoms with Crippen LogP contribution in [-0.4, -0.2) is 28.6 Å². The minimum Gasteiger partial charge on any atom is -0.459 e. The summed E-state index contributed by atoms with van der Waals surface area (Å²) in [6.07, 6.45) is 0.479. The number of fused-ring (bicyclic) bond motifs is 2. The van der Waals surface area contributed by atoms with Gasteiger partial charge in [0.2, 0.25) is 0 Å². The fraction of sp³-hybridized carbons (Fsp3) is 0.867. The van der Waals surface area contributed by atoms with Gasteiger partial charge in [-0.15, -0.1) is 0 Å². The molecule has 1 N–H and O–H groups in total. The summed E-state index contributed by atoms with van der Waals surface area (Å²) in [5, 5.41) is 10.0. The fourth-order valence-electron chi connectivity index (χ4n) is 3.86. The van der Waals surface area contributed by atoms with Gasteiger partial charge in [-0.2, -0.15) is 0 Å². The normalized spacial score (nSPS) is 42.3. The van der Waals surface area contributed by atoms with E-state index in [1.54, 1.807) is 0 Å². The number of rotatable bonds is 1. The topological polar surface area (TPSA) is 63.6 Å². The molecule has 108 valence electrons. The Hall–Kier alpha value is -0.900. The quantitative estimate of drug-likeness (QED) is 0.583. The van der Waals surface area contributed by atoms with Crippen LogP contribution >= 0.6 is 0 Å². The predicted octanol–water partition coefficient (Wildman–Crippen LogP) is 1.94. The third-order valence-corrected chi connectivity index (χ3v) is 4.70. The van der Waals surface area contributed by atoms with Crippen LogP contribution in [0.15, 0.2) is 0 Å². The van der Waals surface area contributed by atoms with Crippen molar-refractivity contribution in [2.45, 2.75) is 59.2 Å². The van der Waals surface area contributed by atoms with Crippen LogP contribution in [0.2, 0.25) is 0 Å². The zero-order valence-electron chi connectivity index (χ0n) is 12.4. The molecule has 0 heterocycles. The molecule has 0 spiro atoms. The lowest BCUT2D eigenvalue weighted by Gasteiger charge is -2.41. The lowest BCUT2D eigenvalue weighted by Crippen LogP contribution is -2.53. The second-order valence-electron chi connectivity index (χ2n) is 7.18. The first kappa shape index (κ1) is 14.5. The molecule has 0 aliphatic heterocycles. The first-order valence-corrected chi connectivity index (χ1v) is 7.06. The number of hydrogen-bond acceptors (Lipinski definition) is 4. The molecule has 2 saturated carbocycles. The van der Waals surface area contributed by atoms with Gasteiger partial charge < -0.3 is 9.84 Å². The Bertz CT molecular complexity index is 409. The van der Waals surface area contributed by atoms with Gasteiger partial charge in [0, 0.05) is 5.92 Å². The fourth-order valence-corrected chi connectivity index (χ4v) is 3.86. The van der Waals surface area contributed by atoms with Gasteiger partial charge in [0.15, 0.2) is 5.78 Å². The SMILES string of the molecule is C[C@@H]1C[C@@H]2C(=O)[C@@]1(C(=O)OC(C)(C)C)[C@@H](C)C[C@@H]2O. The summed E-state index contributed by atoms with van der Waals surface area (Å²) >= 11 is 0. The van der Waals surface area contributed by atoms with Crippen molar-refractivity contribution < 1.29 is 19.4 Å². The second kappa shape index (κ2) is 4.30. The predicted molar refractivity (Wildman–Crippen MR) is 70.3 cm³/mol. The standard InChI is InChI=1S/C15H24O4/c1-8-6-10-11(16)7-9(2)15(8,12(10)17)13(18)19-14(3,4)5/h8-11,16H,6-7H2,1-5H3/t8-,9+,10+,11+,15+/m1/s1. The third-order valence-electron chi connectivity index (χ3n) is 4.70. The number of esters is 1. The summed E-state index contributed by atoms with van der Waals surface area (Å²) in [6.45, 7) is 9.24. The van der Waals surface area contributed by atoms with Gasteiger partial charge in [-0.3, -0.25) is 9.59 Å². The molecule has 2 aliphatic rings. The molecular weight excluding hydrogens is 244 g/mol. The zero-order chi connectivity index (χ0) is 14.6. The van der Waals surface area contributed by atoms with E-state index in [2.05, 4.69) is 0 Å². The van der Waals surface area contributed by atoms with E-state index in [9.17, 15) is 14.7 Å². The summed E-state index contributed by atoms with van der Waals surface area (Å²) in [5.41, 5.74) is -1.64. The van der Waals surface area contributed by atoms with E-state index in [1.165, 1.54) is 0 Å². The van der Waals surface area contributed by atoms with Gasteiger partial charge in [-0.1, -0.05) is 13.8 Å². The molecule has 2 rings (SSSR count). The van der Waals surface area contributed by atoms with E-state index in [0.717, 1.165) is 0 Å². The summed E-state index contributed by atoms with van der Waals surface area (Å²) < 4.78 is 5.50. The molecule has 0 aromatic heterocycles. The minimum atomic E-state index is -1.04. The molecule has 2 aliphatic carbocycles. The lowest BCUT2D eigenvalue weighted by atomic mass is 9.63. The van der Waals surface area contributed by atoms with E-state index >= 15 is 0 Å². The van der Waals surface area contributed by atoms with Crippen LogP contribution < -0.4 is 0 Å². The van der Waals surface area contributed by atoms with E-state index in [-0.39, 0.29) is 17.6 Å². The molecular formula is C15H24O4. The van der Waals surface area contributed by atoms with Gasteiger partial charge in [-0.25, -0.2) is 0 Å². The molecule has 0 aromatic rings. The monoisotopic (exact) mass is 268 g/mol. The van der Waals surface area contributed by atoms with Crippen LogP contribution in [0.3, 0.4) is 0 Å². The Morgan fingerprint density at radius 2 is 1.79 bits per heavy atom. The van der Waals surface area contributed by atoms with Gasteiger partial charge in [0.05, 0.1) is 6.10 Å². The minimum absolute atomic E-state index is 0.0630. The molecule has 19 heavy (non-hydrogen) atoms. The van der Waals surface area contributed by atoms with Gasteiger partial charge in [0.1, 0.15) is 11.0 Å². The van der Waals surface area contributed by atoms with Crippen LogP contribution in [0, 0.1) is 23.2 Å². The Morgan fingerprint density at radius 1 is 1.26 bits per heavy atom. The van der Waals surface area contributed by atoms with Crippen LogP contribution in [0.4, 0.5) is 0 Å². The van der Waals surface area contributed by atoms with Crippen molar-refractivity contribution in [2.75, 3.05) is 0 Å². The Balaban J connectivity index is 2.39. The van der Waals surface area contributed by atoms with Crippen LogP contribution in [-0.2, 0) is 14.3 Å². The van der Waals surface area contributed by atoms with E-state index < -0.39 is 29.0 Å². The molecule has 0 aromatic carbocycles. The maximum atomic E-state index is 12.6. The summed E-state index contributed by atoms with van der Waals surface area (Å²) in [4.78, 5) is 25.2. The lowest BCUT2D eigenvalue weighted by molar-refractivity contribution is -0.179. The average Bonchev–Trinajstić information content (AvgIpc) is 2.42. The molecule has 0 unspecified atom stereocenters. The van der Waals surface area contributed by atoms with Crippen molar-refractivity contribution in [1.82, 2.24) is 0 Å². The Labute approximate surface area is 114 Å². The summed E-state index contributed by atoms with van der Waals surface area (Å²) in [5.74, 6) is -1.13. The summed E-state index contributed by atoms with van der Waals surface area (Å²) in [6, 6.07) is 0. The van der Waals surface area contributed by atoms with Crippen molar-refractivity contribution in [3.63, 3.8) is 0 Å². The number of ketones is 1. The van der Waals surface area contributed by atoms with Crippen LogP contribution in [0.25, 0.3) is 0 Å². The molecule has 0 amide bonds. The van der Waals surface area contributed by atoms with Crippen molar-refractivity contribution in [2.24, 2.45) is 23.2 Å². The van der Waals surface area contributed by atoms with Crippen LogP contribution in [0.5, 0.6) is 0 Å². The van der Waals surface area contributed by atoms with E-state index in [0.29, 0.717) is 12.8 Å². The zero-order valence-corrected chi connectivity index (χ0v) is 12.4. The smallest absolute Gasteiger partial charge is 0.320 e. The van der Waals surface area contributed by atoms with Crippen molar-refractivity contribution in [3.05, 3.63) is 0 Å². The molecule has 4 heteroatoms. The van der Waals surface area contributed by atoms with Gasteiger partial charge in [0.25, 0.3) is 0 Å². The molecule has 5 atom stereocenters. The number of carbonyl (C=O) groups is 2. The highest BCUT2D eigenvalue weighted by Gasteiger charge is 2.66. The average molecular weight is 268 g/mol. The first-order valence-electron chi connectivity index (χ1n) is 7.06. The summed E-state index contributed by atoms with van der Waals surface area (Å²) in [7, 11) is 0. The molecule has 4 nitrogen and oxygen atoms in total. The van der Waals surface area contributed by atoms with Crippen molar-refractivity contribution >= 4 is 11.8 Å². The highest BCUT2D eigenvalue weighted by Crippen LogP contribution is 2.56. The van der Waals surface area contributed by atoms with Gasteiger partial charge >= 0.3 is 5.97 Å². The number of Topliss-reactive ketones (excluding diaryl/α,β-unsaturated/α-hetero) is 1. The van der Waals surface area contributed by atoms with Crippen molar-refractivity contribution in [1.29, 1.82) is 0 Å². The van der Waals surface area contributed by atoms with Crippen LogP contribution in [0.1, 0.15) is 47.5 Å². The van der Waals surface area contributed by atoms with E-state index in [4.69, 9.17) is 4.74 Å². The number of aliphatic hydroxyl groups excluding tert-OH is 1.